The summed E-state index contributed by atoms with van der Waals surface area (Å²) >= 11 is 0. The summed E-state index contributed by atoms with van der Waals surface area (Å²) in [5, 5.41) is 0. The van der Waals surface area contributed by atoms with E-state index >= 15 is 0 Å². The van der Waals surface area contributed by atoms with E-state index in [4.69, 9.17) is 4.74 Å². The van der Waals surface area contributed by atoms with Gasteiger partial charge >= 0.3 is 0 Å². The average Bonchev–Trinajstić information content (AvgIpc) is 2.46. The van der Waals surface area contributed by atoms with Gasteiger partial charge in [-0.05, 0) is 18.9 Å². The highest BCUT2D eigenvalue weighted by molar-refractivity contribution is 5.40. The predicted octanol–water partition coefficient (Wildman–Crippen LogP) is 2.25. The van der Waals surface area contributed by atoms with E-state index < -0.39 is 0 Å². The summed E-state index contributed by atoms with van der Waals surface area (Å²) in [4.78, 5) is 19.1. The first-order valence-corrected chi connectivity index (χ1v) is 6.60. The first-order chi connectivity index (χ1) is 9.28. The molecule has 0 fully saturated rings. The van der Waals surface area contributed by atoms with Gasteiger partial charge < -0.3 is 9.72 Å². The van der Waals surface area contributed by atoms with Gasteiger partial charge in [-0.15, -0.1) is 0 Å². The van der Waals surface area contributed by atoms with Gasteiger partial charge in [0.25, 0.3) is 5.56 Å². The Hall–Kier alpha value is -2.10. The van der Waals surface area contributed by atoms with Gasteiger partial charge in [-0.2, -0.15) is 0 Å². The van der Waals surface area contributed by atoms with Crippen molar-refractivity contribution in [3.05, 3.63) is 57.8 Å². The second-order valence-electron chi connectivity index (χ2n) is 4.70. The second kappa shape index (κ2) is 4.88. The van der Waals surface area contributed by atoms with Gasteiger partial charge in [0.2, 0.25) is 0 Å². The van der Waals surface area contributed by atoms with Gasteiger partial charge in [0, 0.05) is 23.2 Å². The van der Waals surface area contributed by atoms with Crippen LogP contribution in [0.3, 0.4) is 0 Å². The second-order valence-corrected chi connectivity index (χ2v) is 4.70. The molecule has 1 unspecified atom stereocenters. The van der Waals surface area contributed by atoms with Crippen LogP contribution in [0.1, 0.15) is 36.3 Å². The van der Waals surface area contributed by atoms with Crippen LogP contribution >= 0.6 is 0 Å². The molecule has 0 radical (unpaired) electrons. The summed E-state index contributed by atoms with van der Waals surface area (Å²) in [6.45, 7) is 2.66. The van der Waals surface area contributed by atoms with Crippen molar-refractivity contribution in [2.24, 2.45) is 0 Å². The lowest BCUT2D eigenvalue weighted by atomic mass is 9.92. The molecule has 19 heavy (non-hydrogen) atoms. The summed E-state index contributed by atoms with van der Waals surface area (Å²) < 4.78 is 5.64. The highest BCUT2D eigenvalue weighted by atomic mass is 16.5. The fraction of sp³-hybridized carbons (Fsp3) is 0.333. The Morgan fingerprint density at radius 3 is 3.11 bits per heavy atom. The van der Waals surface area contributed by atoms with Gasteiger partial charge in [0.1, 0.15) is 11.6 Å². The standard InChI is InChI=1S/C15H16N2O2/c1-2-10-9-14(18)17-15(16-10)12-7-8-19-13-6-4-3-5-11(12)13/h3-6,9,12H,2,7-8H2,1H3,(H,16,17,18). The normalized spacial score (nSPS) is 17.6. The molecule has 0 spiro atoms. The van der Waals surface area contributed by atoms with E-state index in [-0.39, 0.29) is 11.5 Å². The van der Waals surface area contributed by atoms with E-state index in [2.05, 4.69) is 9.97 Å². The summed E-state index contributed by atoms with van der Waals surface area (Å²) in [5.74, 6) is 1.76. The minimum Gasteiger partial charge on any atom is -0.493 e. The molecule has 98 valence electrons. The molecule has 0 amide bonds. The van der Waals surface area contributed by atoms with Crippen LogP contribution in [0.15, 0.2) is 35.1 Å². The summed E-state index contributed by atoms with van der Waals surface area (Å²) in [5.41, 5.74) is 1.86. The Labute approximate surface area is 111 Å². The first-order valence-electron chi connectivity index (χ1n) is 6.60. The molecule has 1 N–H and O–H groups in total. The van der Waals surface area contributed by atoms with E-state index in [1.165, 1.54) is 0 Å². The van der Waals surface area contributed by atoms with Crippen LogP contribution in [0.4, 0.5) is 0 Å². The smallest absolute Gasteiger partial charge is 0.251 e. The Bertz CT molecular complexity index is 649. The molecule has 0 saturated heterocycles. The number of benzene rings is 1. The molecule has 0 saturated carbocycles. The van der Waals surface area contributed by atoms with Gasteiger partial charge in [0.15, 0.2) is 0 Å². The Morgan fingerprint density at radius 2 is 2.26 bits per heavy atom. The summed E-state index contributed by atoms with van der Waals surface area (Å²) in [6, 6.07) is 9.51. The number of aromatic amines is 1. The number of fused-ring (bicyclic) bond motifs is 1. The fourth-order valence-electron chi connectivity index (χ4n) is 2.50. The van der Waals surface area contributed by atoms with E-state index in [1.807, 2.05) is 31.2 Å². The van der Waals surface area contributed by atoms with Crippen LogP contribution in [0.2, 0.25) is 0 Å². The third-order valence-electron chi connectivity index (χ3n) is 3.46. The Balaban J connectivity index is 2.08. The highest BCUT2D eigenvalue weighted by Crippen LogP contribution is 2.36. The van der Waals surface area contributed by atoms with Crippen molar-refractivity contribution in [2.75, 3.05) is 6.61 Å². The van der Waals surface area contributed by atoms with Crippen LogP contribution < -0.4 is 10.3 Å². The SMILES string of the molecule is CCc1cc(=O)[nH]c(C2CCOc3ccccc32)n1. The van der Waals surface area contributed by atoms with Crippen LogP contribution in [0.5, 0.6) is 5.75 Å². The molecule has 2 heterocycles. The maximum Gasteiger partial charge on any atom is 0.251 e. The average molecular weight is 256 g/mol. The van der Waals surface area contributed by atoms with Crippen molar-refractivity contribution in [1.29, 1.82) is 0 Å². The molecule has 1 aliphatic heterocycles. The fourth-order valence-corrected chi connectivity index (χ4v) is 2.50. The molecule has 1 aromatic heterocycles. The Kier molecular flexibility index (Phi) is 3.07. The van der Waals surface area contributed by atoms with Gasteiger partial charge in [-0.1, -0.05) is 25.1 Å². The first kappa shape index (κ1) is 12.0. The summed E-state index contributed by atoms with van der Waals surface area (Å²) in [6.07, 6.45) is 1.61. The quantitative estimate of drug-likeness (QED) is 0.896. The number of hydrogen-bond donors (Lipinski definition) is 1. The summed E-state index contributed by atoms with van der Waals surface area (Å²) in [7, 11) is 0. The third-order valence-corrected chi connectivity index (χ3v) is 3.46. The number of rotatable bonds is 2. The van der Waals surface area contributed by atoms with Crippen LogP contribution in [0, 0.1) is 0 Å². The van der Waals surface area contributed by atoms with Crippen molar-refractivity contribution < 1.29 is 4.74 Å². The minimum atomic E-state index is -0.0779. The zero-order valence-electron chi connectivity index (χ0n) is 10.8. The lowest BCUT2D eigenvalue weighted by Crippen LogP contribution is -2.21. The number of para-hydroxylation sites is 1. The molecule has 1 aliphatic rings. The number of aryl methyl sites for hydroxylation is 1. The maximum absolute atomic E-state index is 11.7. The molecular formula is C15H16N2O2. The molecule has 1 atom stereocenters. The van der Waals surface area contributed by atoms with Crippen molar-refractivity contribution >= 4 is 0 Å². The minimum absolute atomic E-state index is 0.0779. The molecule has 3 rings (SSSR count). The highest BCUT2D eigenvalue weighted by Gasteiger charge is 2.24. The van der Waals surface area contributed by atoms with E-state index in [0.717, 1.165) is 35.7 Å². The molecule has 4 heteroatoms. The van der Waals surface area contributed by atoms with Crippen molar-refractivity contribution in [3.8, 4) is 5.75 Å². The topological polar surface area (TPSA) is 55.0 Å². The lowest BCUT2D eigenvalue weighted by molar-refractivity contribution is 0.274. The van der Waals surface area contributed by atoms with Crippen LogP contribution in [-0.2, 0) is 6.42 Å². The largest absolute Gasteiger partial charge is 0.493 e. The number of hydrogen-bond acceptors (Lipinski definition) is 3. The molecule has 0 bridgehead atoms. The van der Waals surface area contributed by atoms with Crippen LogP contribution in [-0.4, -0.2) is 16.6 Å². The van der Waals surface area contributed by atoms with Gasteiger partial charge in [-0.3, -0.25) is 4.79 Å². The number of nitrogens with one attached hydrogen (secondary N) is 1. The zero-order chi connectivity index (χ0) is 13.2. The van der Waals surface area contributed by atoms with E-state index in [0.29, 0.717) is 6.61 Å². The van der Waals surface area contributed by atoms with Crippen LogP contribution in [0.25, 0.3) is 0 Å². The van der Waals surface area contributed by atoms with Crippen molar-refractivity contribution in [2.45, 2.75) is 25.7 Å². The van der Waals surface area contributed by atoms with Gasteiger partial charge in [-0.25, -0.2) is 4.98 Å². The van der Waals surface area contributed by atoms with Crippen molar-refractivity contribution in [1.82, 2.24) is 9.97 Å². The van der Waals surface area contributed by atoms with Crippen molar-refractivity contribution in [3.63, 3.8) is 0 Å². The Morgan fingerprint density at radius 1 is 1.42 bits per heavy atom. The molecule has 4 nitrogen and oxygen atoms in total. The number of H-pyrrole nitrogens is 1. The molecule has 1 aromatic carbocycles. The monoisotopic (exact) mass is 256 g/mol. The number of ether oxygens (including phenoxy) is 1. The molecule has 0 aliphatic carbocycles. The number of aromatic nitrogens is 2. The molecular weight excluding hydrogens is 240 g/mol. The van der Waals surface area contributed by atoms with E-state index in [1.54, 1.807) is 6.07 Å². The third kappa shape index (κ3) is 2.26. The zero-order valence-corrected chi connectivity index (χ0v) is 10.8. The van der Waals surface area contributed by atoms with E-state index in [9.17, 15) is 4.79 Å². The van der Waals surface area contributed by atoms with Gasteiger partial charge in [0.05, 0.1) is 6.61 Å². The number of nitrogens with zero attached hydrogens (tertiary/aromatic N) is 1. The predicted molar refractivity (Wildman–Crippen MR) is 72.6 cm³/mol. The maximum atomic E-state index is 11.7. The molecule has 2 aromatic rings. The lowest BCUT2D eigenvalue weighted by Gasteiger charge is -2.25.